The molecule has 0 amide bonds. The van der Waals surface area contributed by atoms with Crippen LogP contribution in [-0.2, 0) is 6.42 Å². The summed E-state index contributed by atoms with van der Waals surface area (Å²) >= 11 is 3.93. The van der Waals surface area contributed by atoms with Crippen molar-refractivity contribution in [2.75, 3.05) is 0 Å². The molecule has 3 aromatic rings. The van der Waals surface area contributed by atoms with Gasteiger partial charge < -0.3 is 0 Å². The van der Waals surface area contributed by atoms with E-state index < -0.39 is 0 Å². The summed E-state index contributed by atoms with van der Waals surface area (Å²) in [5.74, 6) is 0.634. The van der Waals surface area contributed by atoms with Crippen LogP contribution in [0.1, 0.15) is 51.0 Å². The van der Waals surface area contributed by atoms with Crippen molar-refractivity contribution in [3.63, 3.8) is 0 Å². The topological polar surface area (TPSA) is 0 Å². The molecule has 2 heteroatoms. The van der Waals surface area contributed by atoms with Gasteiger partial charge in [0, 0.05) is 20.3 Å². The lowest BCUT2D eigenvalue weighted by Crippen LogP contribution is -2.08. The summed E-state index contributed by atoms with van der Waals surface area (Å²) in [5, 5.41) is 2.90. The van der Waals surface area contributed by atoms with Gasteiger partial charge in [-0.2, -0.15) is 0 Å². The first kappa shape index (κ1) is 14.1. The maximum absolute atomic E-state index is 2.40. The van der Waals surface area contributed by atoms with Crippen LogP contribution in [0.15, 0.2) is 24.3 Å². The first-order valence-corrected chi connectivity index (χ1v) is 8.92. The predicted molar refractivity (Wildman–Crippen MR) is 94.5 cm³/mol. The van der Waals surface area contributed by atoms with E-state index in [0.717, 1.165) is 6.42 Å². The van der Waals surface area contributed by atoms with Crippen molar-refractivity contribution in [1.82, 2.24) is 0 Å². The summed E-state index contributed by atoms with van der Waals surface area (Å²) in [7, 11) is 0. The highest BCUT2D eigenvalue weighted by Crippen LogP contribution is 2.42. The predicted octanol–water partition coefficient (Wildman–Crippen LogP) is 6.83. The third kappa shape index (κ3) is 2.64. The zero-order valence-corrected chi connectivity index (χ0v) is 14.5. The molecule has 0 unspecified atom stereocenters. The summed E-state index contributed by atoms with van der Waals surface area (Å²) in [6.45, 7) is 11.5. The van der Waals surface area contributed by atoms with Crippen molar-refractivity contribution in [3.05, 3.63) is 34.7 Å². The monoisotopic (exact) mass is 302 g/mol. The van der Waals surface area contributed by atoms with Gasteiger partial charge in [0.25, 0.3) is 0 Å². The van der Waals surface area contributed by atoms with Crippen LogP contribution in [0.2, 0.25) is 0 Å². The molecule has 0 atom stereocenters. The SMILES string of the molecule is CC(C)c1cc2c(s1)sc1cc(CC(C)(C)C)ccc12. The van der Waals surface area contributed by atoms with Crippen LogP contribution in [-0.4, -0.2) is 0 Å². The molecule has 0 bridgehead atoms. The average Bonchev–Trinajstić information content (AvgIpc) is 2.82. The van der Waals surface area contributed by atoms with Crippen molar-refractivity contribution >= 4 is 42.2 Å². The third-order valence-electron chi connectivity index (χ3n) is 3.56. The molecule has 0 aliphatic rings. The Morgan fingerprint density at radius 1 is 1.00 bits per heavy atom. The van der Waals surface area contributed by atoms with Crippen LogP contribution in [0.25, 0.3) is 19.5 Å². The molecule has 2 aromatic heterocycles. The van der Waals surface area contributed by atoms with Crippen molar-refractivity contribution in [2.24, 2.45) is 5.41 Å². The maximum Gasteiger partial charge on any atom is 0.0880 e. The third-order valence-corrected chi connectivity index (χ3v) is 6.25. The van der Waals surface area contributed by atoms with Crippen LogP contribution in [0.3, 0.4) is 0 Å². The molecule has 0 saturated heterocycles. The average molecular weight is 303 g/mol. The smallest absolute Gasteiger partial charge is 0.0880 e. The van der Waals surface area contributed by atoms with Crippen LogP contribution in [0.5, 0.6) is 0 Å². The Hall–Kier alpha value is -0.860. The van der Waals surface area contributed by atoms with Gasteiger partial charge in [0.1, 0.15) is 0 Å². The molecule has 106 valence electrons. The van der Waals surface area contributed by atoms with Crippen LogP contribution >= 0.6 is 22.7 Å². The number of hydrogen-bond donors (Lipinski definition) is 0. The van der Waals surface area contributed by atoms with Gasteiger partial charge in [-0.15, -0.1) is 22.7 Å². The maximum atomic E-state index is 2.40. The minimum Gasteiger partial charge on any atom is -0.129 e. The van der Waals surface area contributed by atoms with Crippen molar-refractivity contribution in [1.29, 1.82) is 0 Å². The molecular formula is C18H22S2. The second-order valence-corrected chi connectivity index (χ2v) is 9.57. The van der Waals surface area contributed by atoms with E-state index in [-0.39, 0.29) is 0 Å². The lowest BCUT2D eigenvalue weighted by molar-refractivity contribution is 0.411. The number of hydrogen-bond acceptors (Lipinski definition) is 2. The lowest BCUT2D eigenvalue weighted by Gasteiger charge is -2.17. The normalized spacial score (nSPS) is 12.9. The fourth-order valence-electron chi connectivity index (χ4n) is 2.64. The second-order valence-electron chi connectivity index (χ2n) is 7.17. The molecule has 0 aliphatic carbocycles. The first-order chi connectivity index (χ1) is 9.33. The molecule has 0 nitrogen and oxygen atoms in total. The molecule has 2 heterocycles. The van der Waals surface area contributed by atoms with E-state index >= 15 is 0 Å². The van der Waals surface area contributed by atoms with Gasteiger partial charge in [-0.1, -0.05) is 46.8 Å². The molecule has 1 aromatic carbocycles. The van der Waals surface area contributed by atoms with E-state index in [1.54, 1.807) is 0 Å². The zero-order valence-electron chi connectivity index (χ0n) is 12.9. The van der Waals surface area contributed by atoms with Gasteiger partial charge in [-0.25, -0.2) is 0 Å². The molecule has 0 N–H and O–H groups in total. The standard InChI is InChI=1S/C18H22S2/c1-11(2)15-9-14-13-7-6-12(10-18(3,4)5)8-16(13)20-17(14)19-15/h6-9,11H,10H2,1-5H3. The lowest BCUT2D eigenvalue weighted by atomic mass is 9.88. The highest BCUT2D eigenvalue weighted by Gasteiger charge is 2.14. The Kier molecular flexibility index (Phi) is 3.42. The molecule has 0 radical (unpaired) electrons. The van der Waals surface area contributed by atoms with Gasteiger partial charge >= 0.3 is 0 Å². The Morgan fingerprint density at radius 3 is 2.40 bits per heavy atom. The number of fused-ring (bicyclic) bond motifs is 3. The van der Waals surface area contributed by atoms with Crippen molar-refractivity contribution < 1.29 is 0 Å². The molecule has 0 aliphatic heterocycles. The molecule has 0 saturated carbocycles. The van der Waals surface area contributed by atoms with E-state index in [2.05, 4.69) is 58.9 Å². The summed E-state index contributed by atoms with van der Waals surface area (Å²) in [6.07, 6.45) is 1.14. The Morgan fingerprint density at radius 2 is 1.75 bits per heavy atom. The quantitative estimate of drug-likeness (QED) is 0.487. The van der Waals surface area contributed by atoms with E-state index in [0.29, 0.717) is 11.3 Å². The van der Waals surface area contributed by atoms with Crippen LogP contribution in [0.4, 0.5) is 0 Å². The first-order valence-electron chi connectivity index (χ1n) is 7.28. The molecular weight excluding hydrogens is 280 g/mol. The summed E-state index contributed by atoms with van der Waals surface area (Å²) in [6, 6.07) is 9.43. The Balaban J connectivity index is 2.08. The van der Waals surface area contributed by atoms with E-state index in [4.69, 9.17) is 0 Å². The largest absolute Gasteiger partial charge is 0.129 e. The van der Waals surface area contributed by atoms with Crippen LogP contribution in [0, 0.1) is 5.41 Å². The summed E-state index contributed by atoms with van der Waals surface area (Å²) < 4.78 is 2.93. The number of benzene rings is 1. The molecule has 0 spiro atoms. The number of thiophene rings is 2. The Labute approximate surface area is 129 Å². The minimum atomic E-state index is 0.354. The van der Waals surface area contributed by atoms with E-state index in [1.165, 1.54) is 29.9 Å². The fourth-order valence-corrected chi connectivity index (χ4v) is 5.24. The zero-order chi connectivity index (χ0) is 14.5. The van der Waals surface area contributed by atoms with Gasteiger partial charge in [0.15, 0.2) is 0 Å². The summed E-state index contributed by atoms with van der Waals surface area (Å²) in [5.41, 5.74) is 1.82. The minimum absolute atomic E-state index is 0.354. The highest BCUT2D eigenvalue weighted by atomic mass is 32.2. The van der Waals surface area contributed by atoms with Gasteiger partial charge in [0.2, 0.25) is 0 Å². The Bertz CT molecular complexity index is 751. The second kappa shape index (κ2) is 4.85. The molecule has 3 rings (SSSR count). The van der Waals surface area contributed by atoms with E-state index in [1.807, 2.05) is 22.7 Å². The van der Waals surface area contributed by atoms with Crippen LogP contribution < -0.4 is 0 Å². The number of rotatable bonds is 2. The molecule has 0 fully saturated rings. The summed E-state index contributed by atoms with van der Waals surface area (Å²) in [4.78, 5) is 1.51. The van der Waals surface area contributed by atoms with Crippen molar-refractivity contribution in [2.45, 2.75) is 47.0 Å². The van der Waals surface area contributed by atoms with Gasteiger partial charge in [0.05, 0.1) is 4.01 Å². The fraction of sp³-hybridized carbons (Fsp3) is 0.444. The highest BCUT2D eigenvalue weighted by molar-refractivity contribution is 7.41. The van der Waals surface area contributed by atoms with Crippen molar-refractivity contribution in [3.8, 4) is 0 Å². The molecule has 20 heavy (non-hydrogen) atoms. The van der Waals surface area contributed by atoms with Gasteiger partial charge in [-0.05, 0) is 35.4 Å². The van der Waals surface area contributed by atoms with Gasteiger partial charge in [-0.3, -0.25) is 0 Å². The van der Waals surface area contributed by atoms with E-state index in [9.17, 15) is 0 Å².